The summed E-state index contributed by atoms with van der Waals surface area (Å²) in [5.74, 6) is -5.96. The zero-order valence-corrected chi connectivity index (χ0v) is 27.1. The van der Waals surface area contributed by atoms with E-state index in [0.717, 1.165) is 6.42 Å². The summed E-state index contributed by atoms with van der Waals surface area (Å²) in [5.41, 5.74) is 10.9. The molecule has 0 aliphatic carbocycles. The minimum atomic E-state index is -1.28. The molecule has 1 aliphatic heterocycles. The molecule has 272 valence electrons. The van der Waals surface area contributed by atoms with Crippen molar-refractivity contribution in [2.45, 2.75) is 94.8 Å². The van der Waals surface area contributed by atoms with E-state index in [9.17, 15) is 38.4 Å². The molecule has 19 heteroatoms. The maximum absolute atomic E-state index is 13.0. The second-order valence-corrected chi connectivity index (χ2v) is 11.4. The lowest BCUT2D eigenvalue weighted by Gasteiger charge is -2.21. The first-order valence-electron chi connectivity index (χ1n) is 16.1. The Bertz CT molecular complexity index is 1020. The third-order valence-electron chi connectivity index (χ3n) is 7.34. The van der Waals surface area contributed by atoms with E-state index in [1.165, 1.54) is 0 Å². The first-order valence-corrected chi connectivity index (χ1v) is 16.1. The number of amides is 6. The second-order valence-electron chi connectivity index (χ2n) is 11.4. The van der Waals surface area contributed by atoms with Crippen molar-refractivity contribution < 1.29 is 48.6 Å². The van der Waals surface area contributed by atoms with Crippen LogP contribution >= 0.6 is 0 Å². The van der Waals surface area contributed by atoms with Crippen LogP contribution < -0.4 is 48.7 Å². The van der Waals surface area contributed by atoms with Crippen LogP contribution in [-0.4, -0.2) is 121 Å². The van der Waals surface area contributed by atoms with Crippen LogP contribution in [0.15, 0.2) is 0 Å². The fourth-order valence-electron chi connectivity index (χ4n) is 4.46. The normalized spacial score (nSPS) is 21.5. The lowest BCUT2D eigenvalue weighted by atomic mass is 10.0. The number of carboxylic acids is 2. The molecule has 1 rings (SSSR count). The van der Waals surface area contributed by atoms with Gasteiger partial charge in [-0.1, -0.05) is 12.8 Å². The maximum Gasteiger partial charge on any atom is 0.320 e. The van der Waals surface area contributed by atoms with Gasteiger partial charge in [0.2, 0.25) is 35.4 Å². The molecule has 6 amide bonds. The quantitative estimate of drug-likeness (QED) is 0.105. The fourth-order valence-corrected chi connectivity index (χ4v) is 4.46. The third-order valence-corrected chi connectivity index (χ3v) is 7.34. The minimum absolute atomic E-state index is 0.0635. The fraction of sp³-hybridized carbons (Fsp3) is 0.724. The molecule has 13 N–H and O–H groups in total. The van der Waals surface area contributed by atoms with Crippen LogP contribution in [0.4, 0.5) is 0 Å². The van der Waals surface area contributed by atoms with Gasteiger partial charge in [-0.3, -0.25) is 38.4 Å². The van der Waals surface area contributed by atoms with Crippen molar-refractivity contribution in [3.8, 4) is 0 Å². The highest BCUT2D eigenvalue weighted by molar-refractivity contribution is 5.91. The molecule has 1 unspecified atom stereocenters. The van der Waals surface area contributed by atoms with Gasteiger partial charge in [0.05, 0.1) is 13.1 Å². The Labute approximate surface area is 278 Å². The molecule has 48 heavy (non-hydrogen) atoms. The molecular weight excluding hydrogens is 634 g/mol. The summed E-state index contributed by atoms with van der Waals surface area (Å²) in [6.07, 6.45) is 1.89. The van der Waals surface area contributed by atoms with Gasteiger partial charge in [-0.25, -0.2) is 0 Å². The Morgan fingerprint density at radius 1 is 0.625 bits per heavy atom. The van der Waals surface area contributed by atoms with Crippen LogP contribution in [0.1, 0.15) is 70.6 Å². The van der Waals surface area contributed by atoms with Crippen LogP contribution in [-0.2, 0) is 38.4 Å². The zero-order valence-electron chi connectivity index (χ0n) is 27.1. The molecule has 0 aromatic heterocycles. The van der Waals surface area contributed by atoms with Crippen LogP contribution in [0.25, 0.3) is 0 Å². The van der Waals surface area contributed by atoms with Crippen molar-refractivity contribution in [3.05, 3.63) is 0 Å². The van der Waals surface area contributed by atoms with Crippen molar-refractivity contribution in [1.29, 1.82) is 0 Å². The first-order chi connectivity index (χ1) is 22.8. The van der Waals surface area contributed by atoms with E-state index >= 15 is 0 Å². The Morgan fingerprint density at radius 2 is 1.02 bits per heavy atom. The summed E-state index contributed by atoms with van der Waals surface area (Å²) < 4.78 is 0. The van der Waals surface area contributed by atoms with Crippen molar-refractivity contribution >= 4 is 47.4 Å². The van der Waals surface area contributed by atoms with Crippen molar-refractivity contribution in [3.63, 3.8) is 0 Å². The molecule has 1 fully saturated rings. The van der Waals surface area contributed by atoms with Gasteiger partial charge in [-0.2, -0.15) is 0 Å². The molecule has 1 saturated heterocycles. The van der Waals surface area contributed by atoms with E-state index in [2.05, 4.69) is 37.2 Å². The van der Waals surface area contributed by atoms with Gasteiger partial charge in [0, 0.05) is 25.9 Å². The van der Waals surface area contributed by atoms with Gasteiger partial charge >= 0.3 is 11.9 Å². The van der Waals surface area contributed by atoms with E-state index in [1.807, 2.05) is 0 Å². The summed E-state index contributed by atoms with van der Waals surface area (Å²) in [5, 5.41) is 36.6. The average Bonchev–Trinajstić information content (AvgIpc) is 3.04. The number of carboxylic acid groups (broad SMARTS) is 2. The summed E-state index contributed by atoms with van der Waals surface area (Å²) in [4.78, 5) is 97.5. The molecule has 0 spiro atoms. The summed E-state index contributed by atoms with van der Waals surface area (Å²) in [6.45, 7) is 1.41. The van der Waals surface area contributed by atoms with E-state index in [1.54, 1.807) is 0 Å². The lowest BCUT2D eigenvalue weighted by molar-refractivity contribution is -0.140. The lowest BCUT2D eigenvalue weighted by Crippen LogP contribution is -2.50. The van der Waals surface area contributed by atoms with E-state index in [-0.39, 0.29) is 64.5 Å². The van der Waals surface area contributed by atoms with Crippen molar-refractivity contribution in [2.75, 3.05) is 39.3 Å². The molecule has 0 aromatic carbocycles. The highest BCUT2D eigenvalue weighted by atomic mass is 16.4. The topological polar surface area (TPSA) is 313 Å². The highest BCUT2D eigenvalue weighted by Crippen LogP contribution is 2.09. The van der Waals surface area contributed by atoms with Gasteiger partial charge in [-0.15, -0.1) is 0 Å². The zero-order chi connectivity index (χ0) is 35.9. The predicted octanol–water partition coefficient (Wildman–Crippen LogP) is -3.86. The van der Waals surface area contributed by atoms with Crippen molar-refractivity contribution in [2.24, 2.45) is 11.5 Å². The number of aliphatic carboxylic acids is 2. The van der Waals surface area contributed by atoms with Gasteiger partial charge in [-0.05, 0) is 58.0 Å². The molecule has 1 aliphatic rings. The number of nitrogens with two attached hydrogens (primary N) is 2. The molecule has 4 atom stereocenters. The molecule has 0 saturated carbocycles. The van der Waals surface area contributed by atoms with Gasteiger partial charge in [0.15, 0.2) is 0 Å². The van der Waals surface area contributed by atoms with E-state index in [0.29, 0.717) is 39.0 Å². The molecule has 1 heterocycles. The number of carbonyl (C=O) groups is 8. The number of hydrogen-bond donors (Lipinski definition) is 11. The van der Waals surface area contributed by atoms with Gasteiger partial charge in [0.25, 0.3) is 0 Å². The standard InChI is InChI=1S/C29H51N9O10/c30-18(28(45)46)8-10-22(39)37-20-6-1-2-7-21(38-23(40)11-9-19(31)29(47)48)27(44)36-17-25(42)34-15-5-13-32-12-3-4-14-33-24(41)16-35-26(20)43/h18-21,32H,1-17,30-31H2,(H,33,41)(H,34,42)(H,35,43)(H,36,44)(H,37,39)(H,38,40)(H,45,46)(H,47,48)/t18-,19-,20?,21-/m0/s1. The predicted molar refractivity (Wildman–Crippen MR) is 171 cm³/mol. The van der Waals surface area contributed by atoms with Gasteiger partial charge < -0.3 is 58.9 Å². The summed E-state index contributed by atoms with van der Waals surface area (Å²) >= 11 is 0. The van der Waals surface area contributed by atoms with Crippen LogP contribution in [0.3, 0.4) is 0 Å². The smallest absolute Gasteiger partial charge is 0.320 e. The second kappa shape index (κ2) is 23.9. The van der Waals surface area contributed by atoms with E-state index in [4.69, 9.17) is 21.7 Å². The maximum atomic E-state index is 13.0. The Kier molecular flexibility index (Phi) is 20.7. The molecule has 0 bridgehead atoms. The summed E-state index contributed by atoms with van der Waals surface area (Å²) in [7, 11) is 0. The first kappa shape index (κ1) is 41.7. The Morgan fingerprint density at radius 3 is 1.46 bits per heavy atom. The van der Waals surface area contributed by atoms with Crippen LogP contribution in [0.5, 0.6) is 0 Å². The summed E-state index contributed by atoms with van der Waals surface area (Å²) in [6, 6.07) is -4.75. The highest BCUT2D eigenvalue weighted by Gasteiger charge is 2.25. The van der Waals surface area contributed by atoms with Crippen LogP contribution in [0.2, 0.25) is 0 Å². The van der Waals surface area contributed by atoms with Crippen LogP contribution in [0, 0.1) is 0 Å². The molecule has 0 radical (unpaired) electrons. The number of nitrogens with one attached hydrogen (secondary N) is 7. The third kappa shape index (κ3) is 19.3. The number of hydrogen-bond acceptors (Lipinski definition) is 11. The largest absolute Gasteiger partial charge is 0.480 e. The van der Waals surface area contributed by atoms with E-state index < -0.39 is 71.5 Å². The molecular formula is C29H51N9O10. The average molecular weight is 686 g/mol. The Hall–Kier alpha value is -4.36. The SMILES string of the molecule is N[C@@H](CCC(=O)NC1CCCC[C@H](NC(=O)CC[C@H](N)C(=O)O)C(=O)NCC(=O)NCCCNCCCCNC(=O)CNC1=O)C(=O)O. The minimum Gasteiger partial charge on any atom is -0.480 e. The van der Waals surface area contributed by atoms with Gasteiger partial charge in [0.1, 0.15) is 24.2 Å². The molecule has 19 nitrogen and oxygen atoms in total. The monoisotopic (exact) mass is 685 g/mol. The molecule has 0 aromatic rings. The number of carbonyl (C=O) groups excluding carboxylic acids is 6. The van der Waals surface area contributed by atoms with Crippen molar-refractivity contribution in [1.82, 2.24) is 37.2 Å². The Balaban J connectivity index is 2.98. The number of rotatable bonds is 10.